The number of aryl methyl sites for hydroxylation is 1. The van der Waals surface area contributed by atoms with E-state index in [-0.39, 0.29) is 18.6 Å². The van der Waals surface area contributed by atoms with Crippen molar-refractivity contribution in [2.45, 2.75) is 45.2 Å². The molecule has 0 aliphatic heterocycles. The second kappa shape index (κ2) is 7.12. The molecule has 130 valence electrons. The van der Waals surface area contributed by atoms with Crippen LogP contribution < -0.4 is 5.32 Å². The first-order valence-corrected chi connectivity index (χ1v) is 8.38. The molecule has 2 aromatic rings. The largest absolute Gasteiger partial charge is 0.396 e. The summed E-state index contributed by atoms with van der Waals surface area (Å²) >= 11 is 0. The van der Waals surface area contributed by atoms with Gasteiger partial charge in [0.15, 0.2) is 0 Å². The predicted molar refractivity (Wildman–Crippen MR) is 87.4 cm³/mol. The zero-order valence-corrected chi connectivity index (χ0v) is 14.1. The Bertz CT molecular complexity index is 707. The summed E-state index contributed by atoms with van der Waals surface area (Å²) in [4.78, 5) is 12.5. The third kappa shape index (κ3) is 3.48. The highest BCUT2D eigenvalue weighted by molar-refractivity contribution is 5.95. The Kier molecular flexibility index (Phi) is 4.94. The number of aliphatic hydroxyl groups is 1. The molecule has 2 heterocycles. The number of aliphatic hydroxyl groups excluding tert-OH is 1. The zero-order valence-electron chi connectivity index (χ0n) is 14.1. The molecule has 0 spiro atoms. The number of hydrogen-bond donors (Lipinski definition) is 2. The van der Waals surface area contributed by atoms with Gasteiger partial charge >= 0.3 is 0 Å². The van der Waals surface area contributed by atoms with Gasteiger partial charge in [-0.2, -0.15) is 5.10 Å². The standard InChI is InChI=1S/C16H24N6O2/c1-11-14(8-17-21(11)2)16(24)18-15-5-3-4-12(15)9-22-10-13(6-7-23)19-20-22/h8,10,12,15,23H,3-7,9H2,1-2H3,(H,18,24)/t12-,15-/m1/s1. The Morgan fingerprint density at radius 1 is 1.46 bits per heavy atom. The van der Waals surface area contributed by atoms with Crippen molar-refractivity contribution >= 4 is 5.91 Å². The fourth-order valence-electron chi connectivity index (χ4n) is 3.31. The molecular weight excluding hydrogens is 308 g/mol. The van der Waals surface area contributed by atoms with Gasteiger partial charge in [0.25, 0.3) is 5.91 Å². The SMILES string of the molecule is Cc1c(C(=O)N[C@@H]2CCC[C@@H]2Cn2cc(CCO)nn2)cnn1C. The fourth-order valence-corrected chi connectivity index (χ4v) is 3.31. The van der Waals surface area contributed by atoms with E-state index < -0.39 is 0 Å². The lowest BCUT2D eigenvalue weighted by Gasteiger charge is -2.20. The van der Waals surface area contributed by atoms with Crippen LogP contribution in [0.4, 0.5) is 0 Å². The lowest BCUT2D eigenvalue weighted by atomic mass is 10.0. The minimum Gasteiger partial charge on any atom is -0.396 e. The van der Waals surface area contributed by atoms with Crippen LogP contribution >= 0.6 is 0 Å². The molecule has 0 unspecified atom stereocenters. The number of aromatic nitrogens is 5. The molecule has 2 N–H and O–H groups in total. The molecule has 1 saturated carbocycles. The van der Waals surface area contributed by atoms with Gasteiger partial charge in [0.1, 0.15) is 0 Å². The summed E-state index contributed by atoms with van der Waals surface area (Å²) in [7, 11) is 1.83. The Balaban J connectivity index is 1.62. The van der Waals surface area contributed by atoms with Crippen molar-refractivity contribution in [3.63, 3.8) is 0 Å². The Hall–Kier alpha value is -2.22. The summed E-state index contributed by atoms with van der Waals surface area (Å²) in [6, 6.07) is 0.141. The lowest BCUT2D eigenvalue weighted by Crippen LogP contribution is -2.39. The number of nitrogens with zero attached hydrogens (tertiary/aromatic N) is 5. The van der Waals surface area contributed by atoms with Crippen LogP contribution in [-0.4, -0.2) is 48.4 Å². The molecule has 1 amide bonds. The fraction of sp³-hybridized carbons (Fsp3) is 0.625. The first-order valence-electron chi connectivity index (χ1n) is 8.38. The molecule has 2 aromatic heterocycles. The maximum Gasteiger partial charge on any atom is 0.254 e. The number of carbonyl (C=O) groups is 1. The number of nitrogens with one attached hydrogen (secondary N) is 1. The summed E-state index contributed by atoms with van der Waals surface area (Å²) in [5, 5.41) is 24.4. The molecule has 8 heteroatoms. The molecule has 24 heavy (non-hydrogen) atoms. The quantitative estimate of drug-likeness (QED) is 0.800. The van der Waals surface area contributed by atoms with Crippen molar-refractivity contribution in [2.24, 2.45) is 13.0 Å². The second-order valence-electron chi connectivity index (χ2n) is 6.44. The van der Waals surface area contributed by atoms with Gasteiger partial charge in [0.2, 0.25) is 0 Å². The minimum atomic E-state index is -0.0583. The van der Waals surface area contributed by atoms with E-state index >= 15 is 0 Å². The van der Waals surface area contributed by atoms with E-state index in [1.54, 1.807) is 10.9 Å². The van der Waals surface area contributed by atoms with Crippen molar-refractivity contribution in [3.8, 4) is 0 Å². The van der Waals surface area contributed by atoms with Crippen LogP contribution in [0.25, 0.3) is 0 Å². The first-order chi connectivity index (χ1) is 11.6. The summed E-state index contributed by atoms with van der Waals surface area (Å²) in [5.74, 6) is 0.284. The molecule has 2 atom stereocenters. The number of amides is 1. The van der Waals surface area contributed by atoms with E-state index in [1.165, 1.54) is 0 Å². The topological polar surface area (TPSA) is 97.9 Å². The van der Waals surface area contributed by atoms with Crippen molar-refractivity contribution in [1.82, 2.24) is 30.1 Å². The predicted octanol–water partition coefficient (Wildman–Crippen LogP) is 0.454. The number of carbonyl (C=O) groups excluding carboxylic acids is 1. The van der Waals surface area contributed by atoms with E-state index in [4.69, 9.17) is 5.11 Å². The van der Waals surface area contributed by atoms with Gasteiger partial charge in [-0.05, 0) is 25.7 Å². The van der Waals surface area contributed by atoms with Crippen LogP contribution in [0.3, 0.4) is 0 Å². The molecule has 3 rings (SSSR count). The van der Waals surface area contributed by atoms with Crippen molar-refractivity contribution in [1.29, 1.82) is 0 Å². The molecule has 0 radical (unpaired) electrons. The van der Waals surface area contributed by atoms with Gasteiger partial charge in [-0.3, -0.25) is 14.2 Å². The molecule has 1 aliphatic carbocycles. The number of rotatable bonds is 6. The van der Waals surface area contributed by atoms with Gasteiger partial charge in [0.05, 0.1) is 17.5 Å². The Morgan fingerprint density at radius 2 is 2.29 bits per heavy atom. The monoisotopic (exact) mass is 332 g/mol. The maximum atomic E-state index is 12.5. The van der Waals surface area contributed by atoms with E-state index in [1.807, 2.05) is 24.9 Å². The maximum absolute atomic E-state index is 12.5. The van der Waals surface area contributed by atoms with Crippen LogP contribution in [0, 0.1) is 12.8 Å². The van der Waals surface area contributed by atoms with Crippen LogP contribution in [-0.2, 0) is 20.0 Å². The summed E-state index contributed by atoms with van der Waals surface area (Å²) < 4.78 is 3.52. The average Bonchev–Trinajstić information content (AvgIpc) is 3.25. The third-order valence-corrected chi connectivity index (χ3v) is 4.83. The van der Waals surface area contributed by atoms with Crippen molar-refractivity contribution in [2.75, 3.05) is 6.61 Å². The lowest BCUT2D eigenvalue weighted by molar-refractivity contribution is 0.0924. The Labute approximate surface area is 140 Å². The van der Waals surface area contributed by atoms with Gasteiger partial charge in [0, 0.05) is 44.6 Å². The van der Waals surface area contributed by atoms with Crippen LogP contribution in [0.15, 0.2) is 12.4 Å². The van der Waals surface area contributed by atoms with E-state index in [2.05, 4.69) is 20.7 Å². The van der Waals surface area contributed by atoms with E-state index in [0.717, 1.165) is 37.2 Å². The third-order valence-electron chi connectivity index (χ3n) is 4.83. The van der Waals surface area contributed by atoms with Gasteiger partial charge in [-0.1, -0.05) is 11.6 Å². The van der Waals surface area contributed by atoms with Crippen molar-refractivity contribution in [3.05, 3.63) is 29.3 Å². The Morgan fingerprint density at radius 3 is 3.00 bits per heavy atom. The molecule has 0 saturated heterocycles. The highest BCUT2D eigenvalue weighted by Gasteiger charge is 2.30. The second-order valence-corrected chi connectivity index (χ2v) is 6.44. The number of hydrogen-bond acceptors (Lipinski definition) is 5. The van der Waals surface area contributed by atoms with Crippen LogP contribution in [0.2, 0.25) is 0 Å². The van der Waals surface area contributed by atoms with Gasteiger partial charge in [-0.15, -0.1) is 5.10 Å². The summed E-state index contributed by atoms with van der Waals surface area (Å²) in [6.07, 6.45) is 7.15. The van der Waals surface area contributed by atoms with Gasteiger partial charge in [-0.25, -0.2) is 0 Å². The minimum absolute atomic E-state index is 0.0583. The van der Waals surface area contributed by atoms with Crippen LogP contribution in [0.5, 0.6) is 0 Å². The molecule has 0 bridgehead atoms. The smallest absolute Gasteiger partial charge is 0.254 e. The normalized spacial score (nSPS) is 20.5. The summed E-state index contributed by atoms with van der Waals surface area (Å²) in [6.45, 7) is 2.70. The van der Waals surface area contributed by atoms with Crippen molar-refractivity contribution < 1.29 is 9.90 Å². The molecule has 8 nitrogen and oxygen atoms in total. The van der Waals surface area contributed by atoms with Gasteiger partial charge < -0.3 is 10.4 Å². The molecule has 0 aromatic carbocycles. The van der Waals surface area contributed by atoms with Crippen LogP contribution in [0.1, 0.15) is 41.0 Å². The molecule has 1 fully saturated rings. The highest BCUT2D eigenvalue weighted by Crippen LogP contribution is 2.27. The average molecular weight is 332 g/mol. The highest BCUT2D eigenvalue weighted by atomic mass is 16.3. The van der Waals surface area contributed by atoms with E-state index in [0.29, 0.717) is 17.9 Å². The zero-order chi connectivity index (χ0) is 17.1. The first kappa shape index (κ1) is 16.6. The molecular formula is C16H24N6O2. The van der Waals surface area contributed by atoms with E-state index in [9.17, 15) is 4.79 Å². The summed E-state index contributed by atoms with van der Waals surface area (Å²) in [5.41, 5.74) is 2.29. The molecule has 1 aliphatic rings.